The zero-order chi connectivity index (χ0) is 12.0. The molecule has 1 unspecified atom stereocenters. The molecule has 2 atom stereocenters. The van der Waals surface area contributed by atoms with Gasteiger partial charge in [0.05, 0.1) is 13.7 Å². The van der Waals surface area contributed by atoms with E-state index < -0.39 is 0 Å². The van der Waals surface area contributed by atoms with Crippen molar-refractivity contribution in [3.8, 4) is 5.75 Å². The highest BCUT2D eigenvalue weighted by molar-refractivity contribution is 5.28. The van der Waals surface area contributed by atoms with Gasteiger partial charge < -0.3 is 14.8 Å². The van der Waals surface area contributed by atoms with Gasteiger partial charge in [-0.15, -0.1) is 0 Å². The summed E-state index contributed by atoms with van der Waals surface area (Å²) in [6.07, 6.45) is 0. The van der Waals surface area contributed by atoms with Crippen LogP contribution in [-0.4, -0.2) is 26.9 Å². The molecular weight excluding hydrogens is 202 g/mol. The van der Waals surface area contributed by atoms with E-state index in [0.717, 1.165) is 12.4 Å². The number of hydrogen-bond donors (Lipinski definition) is 1. The van der Waals surface area contributed by atoms with Gasteiger partial charge in [0, 0.05) is 19.2 Å². The number of nitrogens with one attached hydrogen (secondary N) is 1. The molecule has 3 nitrogen and oxygen atoms in total. The van der Waals surface area contributed by atoms with Crippen LogP contribution in [0, 0.1) is 0 Å². The van der Waals surface area contributed by atoms with Crippen LogP contribution >= 0.6 is 0 Å². The lowest BCUT2D eigenvalue weighted by molar-refractivity contribution is 0.167. The Bertz CT molecular complexity index is 297. The summed E-state index contributed by atoms with van der Waals surface area (Å²) in [7, 11) is 3.40. The van der Waals surface area contributed by atoms with Crippen molar-refractivity contribution in [2.24, 2.45) is 0 Å². The highest BCUT2D eigenvalue weighted by Gasteiger charge is 2.08. The molecule has 1 rings (SSSR count). The third-order valence-electron chi connectivity index (χ3n) is 2.57. The lowest BCUT2D eigenvalue weighted by Crippen LogP contribution is -2.32. The first-order valence-electron chi connectivity index (χ1n) is 5.56. The van der Waals surface area contributed by atoms with E-state index in [-0.39, 0.29) is 0 Å². The van der Waals surface area contributed by atoms with Gasteiger partial charge in [-0.25, -0.2) is 0 Å². The maximum Gasteiger partial charge on any atom is 0.118 e. The van der Waals surface area contributed by atoms with Crippen molar-refractivity contribution < 1.29 is 9.47 Å². The quantitative estimate of drug-likeness (QED) is 0.803. The molecule has 0 aromatic heterocycles. The Morgan fingerprint density at radius 1 is 1.12 bits per heavy atom. The minimum Gasteiger partial charge on any atom is -0.497 e. The average Bonchev–Trinajstić information content (AvgIpc) is 2.29. The van der Waals surface area contributed by atoms with E-state index in [1.807, 2.05) is 12.1 Å². The fourth-order valence-corrected chi connectivity index (χ4v) is 1.71. The van der Waals surface area contributed by atoms with Gasteiger partial charge in [0.15, 0.2) is 0 Å². The van der Waals surface area contributed by atoms with Gasteiger partial charge in [0.2, 0.25) is 0 Å². The molecule has 0 aliphatic heterocycles. The number of methoxy groups -OCH3 is 2. The molecule has 0 bridgehead atoms. The normalized spacial score (nSPS) is 14.5. The Balaban J connectivity index is 2.55. The van der Waals surface area contributed by atoms with Crippen molar-refractivity contribution in [3.63, 3.8) is 0 Å². The van der Waals surface area contributed by atoms with Crippen LogP contribution in [0.15, 0.2) is 24.3 Å². The van der Waals surface area contributed by atoms with Crippen LogP contribution in [0.25, 0.3) is 0 Å². The van der Waals surface area contributed by atoms with Crippen molar-refractivity contribution >= 4 is 0 Å². The van der Waals surface area contributed by atoms with E-state index in [0.29, 0.717) is 12.1 Å². The van der Waals surface area contributed by atoms with E-state index >= 15 is 0 Å². The van der Waals surface area contributed by atoms with Crippen molar-refractivity contribution in [2.45, 2.75) is 25.9 Å². The molecule has 16 heavy (non-hydrogen) atoms. The Morgan fingerprint density at radius 3 is 2.25 bits per heavy atom. The number of benzene rings is 1. The van der Waals surface area contributed by atoms with Crippen LogP contribution in [0.4, 0.5) is 0 Å². The van der Waals surface area contributed by atoms with Crippen LogP contribution in [0.1, 0.15) is 25.5 Å². The Labute approximate surface area is 97.8 Å². The summed E-state index contributed by atoms with van der Waals surface area (Å²) in [5.74, 6) is 0.890. The highest BCUT2D eigenvalue weighted by atomic mass is 16.5. The van der Waals surface area contributed by atoms with Gasteiger partial charge in [-0.05, 0) is 31.5 Å². The molecular formula is C13H21NO2. The summed E-state index contributed by atoms with van der Waals surface area (Å²) in [6, 6.07) is 8.79. The highest BCUT2D eigenvalue weighted by Crippen LogP contribution is 2.17. The molecule has 0 aliphatic carbocycles. The monoisotopic (exact) mass is 223 g/mol. The fraction of sp³-hybridized carbons (Fsp3) is 0.538. The molecule has 0 saturated carbocycles. The number of rotatable bonds is 6. The van der Waals surface area contributed by atoms with Crippen LogP contribution in [0.5, 0.6) is 5.75 Å². The van der Waals surface area contributed by atoms with E-state index in [1.54, 1.807) is 14.2 Å². The average molecular weight is 223 g/mol. The van der Waals surface area contributed by atoms with Crippen LogP contribution in [-0.2, 0) is 4.74 Å². The molecule has 1 N–H and O–H groups in total. The van der Waals surface area contributed by atoms with Crippen molar-refractivity contribution in [2.75, 3.05) is 20.8 Å². The largest absolute Gasteiger partial charge is 0.497 e. The standard InChI is InChI=1S/C13H21NO2/c1-10(9-15-3)14-11(2)12-5-7-13(16-4)8-6-12/h5-8,10-11,14H,9H2,1-4H3/t10?,11-/m1/s1. The third-order valence-corrected chi connectivity index (χ3v) is 2.57. The summed E-state index contributed by atoms with van der Waals surface area (Å²) in [5, 5.41) is 3.47. The van der Waals surface area contributed by atoms with Gasteiger partial charge in [-0.3, -0.25) is 0 Å². The maximum absolute atomic E-state index is 5.13. The maximum atomic E-state index is 5.13. The molecule has 0 aliphatic rings. The Hall–Kier alpha value is -1.06. The van der Waals surface area contributed by atoms with Crippen LogP contribution < -0.4 is 10.1 Å². The summed E-state index contributed by atoms with van der Waals surface area (Å²) in [5.41, 5.74) is 1.25. The van der Waals surface area contributed by atoms with E-state index in [2.05, 4.69) is 31.3 Å². The summed E-state index contributed by atoms with van der Waals surface area (Å²) in [4.78, 5) is 0. The molecule has 0 spiro atoms. The fourth-order valence-electron chi connectivity index (χ4n) is 1.71. The molecule has 0 fully saturated rings. The second kappa shape index (κ2) is 6.51. The molecule has 0 amide bonds. The van der Waals surface area contributed by atoms with E-state index in [4.69, 9.17) is 9.47 Å². The molecule has 1 aromatic carbocycles. The van der Waals surface area contributed by atoms with E-state index in [9.17, 15) is 0 Å². The van der Waals surface area contributed by atoms with Crippen molar-refractivity contribution in [1.29, 1.82) is 0 Å². The first-order chi connectivity index (χ1) is 7.67. The van der Waals surface area contributed by atoms with Gasteiger partial charge in [0.25, 0.3) is 0 Å². The summed E-state index contributed by atoms with van der Waals surface area (Å²) in [6.45, 7) is 4.98. The van der Waals surface area contributed by atoms with Gasteiger partial charge >= 0.3 is 0 Å². The lowest BCUT2D eigenvalue weighted by atomic mass is 10.1. The molecule has 90 valence electrons. The van der Waals surface area contributed by atoms with Crippen molar-refractivity contribution in [3.05, 3.63) is 29.8 Å². The molecule has 3 heteroatoms. The topological polar surface area (TPSA) is 30.5 Å². The molecule has 1 aromatic rings. The first-order valence-corrected chi connectivity index (χ1v) is 5.56. The zero-order valence-corrected chi connectivity index (χ0v) is 10.5. The predicted molar refractivity (Wildman–Crippen MR) is 65.9 cm³/mol. The Morgan fingerprint density at radius 2 is 1.75 bits per heavy atom. The van der Waals surface area contributed by atoms with Crippen LogP contribution in [0.2, 0.25) is 0 Å². The molecule has 0 radical (unpaired) electrons. The smallest absolute Gasteiger partial charge is 0.118 e. The van der Waals surface area contributed by atoms with Crippen molar-refractivity contribution in [1.82, 2.24) is 5.32 Å². The Kier molecular flexibility index (Phi) is 5.29. The zero-order valence-electron chi connectivity index (χ0n) is 10.5. The second-order valence-electron chi connectivity index (χ2n) is 4.02. The second-order valence-corrected chi connectivity index (χ2v) is 4.02. The number of hydrogen-bond acceptors (Lipinski definition) is 3. The minimum atomic E-state index is 0.316. The van der Waals surface area contributed by atoms with Gasteiger partial charge in [0.1, 0.15) is 5.75 Å². The SMILES string of the molecule is COCC(C)N[C@H](C)c1ccc(OC)cc1. The lowest BCUT2D eigenvalue weighted by Gasteiger charge is -2.19. The molecule has 0 heterocycles. The van der Waals surface area contributed by atoms with Gasteiger partial charge in [-0.1, -0.05) is 12.1 Å². The molecule has 0 saturated heterocycles. The summed E-state index contributed by atoms with van der Waals surface area (Å²) < 4.78 is 10.2. The first kappa shape index (κ1) is 13.0. The number of ether oxygens (including phenoxy) is 2. The third kappa shape index (κ3) is 3.83. The summed E-state index contributed by atoms with van der Waals surface area (Å²) >= 11 is 0. The van der Waals surface area contributed by atoms with E-state index in [1.165, 1.54) is 5.56 Å². The minimum absolute atomic E-state index is 0.316. The van der Waals surface area contributed by atoms with Gasteiger partial charge in [-0.2, -0.15) is 0 Å². The van der Waals surface area contributed by atoms with Crippen LogP contribution in [0.3, 0.4) is 0 Å². The predicted octanol–water partition coefficient (Wildman–Crippen LogP) is 2.38.